The van der Waals surface area contributed by atoms with Gasteiger partial charge in [0.05, 0.1) is 0 Å². The van der Waals surface area contributed by atoms with Crippen LogP contribution in [0.2, 0.25) is 0 Å². The highest BCUT2D eigenvalue weighted by atomic mass is 33.1. The predicted molar refractivity (Wildman–Crippen MR) is 65.2 cm³/mol. The van der Waals surface area contributed by atoms with Crippen LogP contribution in [0.3, 0.4) is 0 Å². The second-order valence-electron chi connectivity index (χ2n) is 3.08. The van der Waals surface area contributed by atoms with Gasteiger partial charge in [-0.15, -0.1) is 0 Å². The fraction of sp³-hybridized carbons (Fsp3) is 0.364. The maximum absolute atomic E-state index is 11.2. The van der Waals surface area contributed by atoms with Gasteiger partial charge >= 0.3 is 0 Å². The van der Waals surface area contributed by atoms with Crippen molar-refractivity contribution in [1.82, 2.24) is 0 Å². The number of benzene rings is 1. The number of carbonyl (C=O) groups excluding carboxylic acids is 1. The van der Waals surface area contributed by atoms with E-state index in [1.54, 1.807) is 28.5 Å². The molecular weight excluding hydrogens is 212 g/mol. The van der Waals surface area contributed by atoms with E-state index in [2.05, 4.69) is 13.0 Å². The summed E-state index contributed by atoms with van der Waals surface area (Å²) in [5.74, 6) is 1.21. The van der Waals surface area contributed by atoms with Crippen molar-refractivity contribution in [2.45, 2.75) is 25.7 Å². The first-order valence-electron chi connectivity index (χ1n) is 4.55. The molecule has 1 rings (SSSR count). The van der Waals surface area contributed by atoms with Gasteiger partial charge < -0.3 is 0 Å². The van der Waals surface area contributed by atoms with Crippen LogP contribution in [0, 0.1) is 6.92 Å². The van der Waals surface area contributed by atoms with E-state index in [0.29, 0.717) is 0 Å². The number of carbonyl (C=O) groups is 1. The molecule has 0 aliphatic carbocycles. The molecule has 1 aromatic carbocycles. The van der Waals surface area contributed by atoms with Gasteiger partial charge in [0.1, 0.15) is 0 Å². The Morgan fingerprint density at radius 1 is 1.36 bits per heavy atom. The molecule has 0 aromatic heterocycles. The Hall–Kier alpha value is -0.410. The van der Waals surface area contributed by atoms with Crippen molar-refractivity contribution in [2.75, 3.05) is 5.75 Å². The summed E-state index contributed by atoms with van der Waals surface area (Å²) in [6, 6.07) is 6.01. The molecule has 0 aliphatic rings. The Labute approximate surface area is 93.1 Å². The summed E-state index contributed by atoms with van der Waals surface area (Å²) in [5.41, 5.74) is 1.96. The minimum atomic E-state index is 0.136. The summed E-state index contributed by atoms with van der Waals surface area (Å²) in [4.78, 5) is 12.4. The van der Waals surface area contributed by atoms with Crippen LogP contribution in [0.5, 0.6) is 0 Å². The van der Waals surface area contributed by atoms with Crippen molar-refractivity contribution in [1.29, 1.82) is 0 Å². The van der Waals surface area contributed by atoms with Crippen molar-refractivity contribution in [2.24, 2.45) is 0 Å². The van der Waals surface area contributed by atoms with Gasteiger partial charge in [-0.3, -0.25) is 4.79 Å². The number of aryl methyl sites for hydroxylation is 1. The summed E-state index contributed by atoms with van der Waals surface area (Å²) in [7, 11) is 3.53. The first-order valence-corrected chi connectivity index (χ1v) is 6.87. The van der Waals surface area contributed by atoms with Gasteiger partial charge in [0.2, 0.25) is 0 Å². The van der Waals surface area contributed by atoms with E-state index in [1.165, 1.54) is 4.90 Å². The highest BCUT2D eigenvalue weighted by Crippen LogP contribution is 2.31. The van der Waals surface area contributed by atoms with E-state index in [-0.39, 0.29) is 5.78 Å². The molecule has 1 nitrogen and oxygen atoms in total. The molecule has 0 N–H and O–H groups in total. The highest BCUT2D eigenvalue weighted by Gasteiger charge is 2.03. The second kappa shape index (κ2) is 5.47. The lowest BCUT2D eigenvalue weighted by molar-refractivity contribution is 0.101. The second-order valence-corrected chi connectivity index (χ2v) is 5.74. The average Bonchev–Trinajstić information content (AvgIpc) is 2.14. The van der Waals surface area contributed by atoms with Crippen LogP contribution < -0.4 is 0 Å². The van der Waals surface area contributed by atoms with Gasteiger partial charge in [0, 0.05) is 16.2 Å². The van der Waals surface area contributed by atoms with Gasteiger partial charge in [-0.05, 0) is 37.6 Å². The van der Waals surface area contributed by atoms with Crippen LogP contribution in [0.1, 0.15) is 29.8 Å². The molecule has 1 aromatic rings. The Bertz CT molecular complexity index is 334. The minimum Gasteiger partial charge on any atom is -0.295 e. The Kier molecular flexibility index (Phi) is 4.55. The zero-order valence-electron chi connectivity index (χ0n) is 8.66. The summed E-state index contributed by atoms with van der Waals surface area (Å²) in [6.07, 6.45) is 0. The maximum Gasteiger partial charge on any atom is 0.159 e. The number of hydrogen-bond donors (Lipinski definition) is 0. The molecule has 0 atom stereocenters. The van der Waals surface area contributed by atoms with Crippen LogP contribution in [0.15, 0.2) is 23.1 Å². The van der Waals surface area contributed by atoms with Crippen LogP contribution in [-0.2, 0) is 0 Å². The number of Topliss-reactive ketones (excluding diaryl/α,β-unsaturated/α-hetero) is 1. The number of ketones is 1. The molecule has 0 saturated heterocycles. The Balaban J connectivity index is 2.89. The van der Waals surface area contributed by atoms with Crippen LogP contribution in [-0.4, -0.2) is 11.5 Å². The maximum atomic E-state index is 11.2. The average molecular weight is 226 g/mol. The molecule has 0 amide bonds. The van der Waals surface area contributed by atoms with E-state index in [1.807, 2.05) is 19.1 Å². The van der Waals surface area contributed by atoms with Gasteiger partial charge in [-0.2, -0.15) is 0 Å². The standard InChI is InChI=1S/C11H14OS2/c1-4-13-14-11-6-8(2)5-10(7-11)9(3)12/h5-7H,4H2,1-3H3. The molecule has 3 heteroatoms. The van der Waals surface area contributed by atoms with Crippen LogP contribution in [0.4, 0.5) is 0 Å². The molecule has 0 heterocycles. The largest absolute Gasteiger partial charge is 0.295 e. The van der Waals surface area contributed by atoms with E-state index in [0.717, 1.165) is 16.9 Å². The normalized spacial score (nSPS) is 10.2. The molecule has 0 saturated carbocycles. The SMILES string of the molecule is CCSSc1cc(C)cc(C(C)=O)c1. The fourth-order valence-electron chi connectivity index (χ4n) is 1.13. The van der Waals surface area contributed by atoms with Gasteiger partial charge in [0.15, 0.2) is 5.78 Å². The summed E-state index contributed by atoms with van der Waals surface area (Å²) in [5, 5.41) is 0. The molecule has 0 fully saturated rings. The van der Waals surface area contributed by atoms with E-state index >= 15 is 0 Å². The smallest absolute Gasteiger partial charge is 0.159 e. The predicted octanol–water partition coefficient (Wildman–Crippen LogP) is 3.96. The lowest BCUT2D eigenvalue weighted by atomic mass is 10.1. The number of rotatable bonds is 4. The van der Waals surface area contributed by atoms with Crippen molar-refractivity contribution in [3.63, 3.8) is 0 Å². The third-order valence-electron chi connectivity index (χ3n) is 1.73. The zero-order chi connectivity index (χ0) is 10.6. The van der Waals surface area contributed by atoms with Gasteiger partial charge in [0.25, 0.3) is 0 Å². The first-order chi connectivity index (χ1) is 6.63. The summed E-state index contributed by atoms with van der Waals surface area (Å²) < 4.78 is 0. The minimum absolute atomic E-state index is 0.136. The number of hydrogen-bond acceptors (Lipinski definition) is 3. The van der Waals surface area contributed by atoms with Crippen molar-refractivity contribution >= 4 is 27.4 Å². The third-order valence-corrected chi connectivity index (χ3v) is 4.15. The highest BCUT2D eigenvalue weighted by molar-refractivity contribution is 8.76. The first kappa shape index (κ1) is 11.7. The molecule has 0 unspecified atom stereocenters. The lowest BCUT2D eigenvalue weighted by Gasteiger charge is -2.03. The molecule has 14 heavy (non-hydrogen) atoms. The molecule has 0 aliphatic heterocycles. The molecule has 0 spiro atoms. The Morgan fingerprint density at radius 3 is 2.64 bits per heavy atom. The van der Waals surface area contributed by atoms with Crippen molar-refractivity contribution in [3.05, 3.63) is 29.3 Å². The molecule has 0 bridgehead atoms. The topological polar surface area (TPSA) is 17.1 Å². The molecule has 76 valence electrons. The molecular formula is C11H14OS2. The van der Waals surface area contributed by atoms with Crippen LogP contribution in [0.25, 0.3) is 0 Å². The zero-order valence-corrected chi connectivity index (χ0v) is 10.3. The van der Waals surface area contributed by atoms with Crippen LogP contribution >= 0.6 is 21.6 Å². The fourth-order valence-corrected chi connectivity index (χ4v) is 2.84. The lowest BCUT2D eigenvalue weighted by Crippen LogP contribution is -1.92. The summed E-state index contributed by atoms with van der Waals surface area (Å²) >= 11 is 0. The van der Waals surface area contributed by atoms with E-state index in [9.17, 15) is 4.79 Å². The van der Waals surface area contributed by atoms with E-state index in [4.69, 9.17) is 0 Å². The monoisotopic (exact) mass is 226 g/mol. The van der Waals surface area contributed by atoms with Crippen molar-refractivity contribution < 1.29 is 4.79 Å². The Morgan fingerprint density at radius 2 is 2.07 bits per heavy atom. The molecule has 0 radical (unpaired) electrons. The summed E-state index contributed by atoms with van der Waals surface area (Å²) in [6.45, 7) is 5.75. The van der Waals surface area contributed by atoms with Gasteiger partial charge in [-0.25, -0.2) is 0 Å². The van der Waals surface area contributed by atoms with Crippen molar-refractivity contribution in [3.8, 4) is 0 Å². The van der Waals surface area contributed by atoms with E-state index < -0.39 is 0 Å². The third kappa shape index (κ3) is 3.39. The quantitative estimate of drug-likeness (QED) is 0.571. The van der Waals surface area contributed by atoms with Gasteiger partial charge in [-0.1, -0.05) is 28.5 Å².